The van der Waals surface area contributed by atoms with Crippen LogP contribution in [-0.2, 0) is 9.53 Å². The van der Waals surface area contributed by atoms with Crippen molar-refractivity contribution in [3.63, 3.8) is 0 Å². The minimum absolute atomic E-state index is 0.140. The first kappa shape index (κ1) is 10.8. The number of aliphatic carboxylic acids is 1. The first-order chi connectivity index (χ1) is 6.07. The maximum absolute atomic E-state index is 10.7. The van der Waals surface area contributed by atoms with Crippen molar-refractivity contribution in [1.82, 2.24) is 5.32 Å². The summed E-state index contributed by atoms with van der Waals surface area (Å²) in [5.41, 5.74) is 0. The molecule has 0 bridgehead atoms. The van der Waals surface area contributed by atoms with E-state index in [0.717, 1.165) is 6.42 Å². The molecular formula is C8H15NO3S. The fourth-order valence-electron chi connectivity index (χ4n) is 1.29. The van der Waals surface area contributed by atoms with E-state index in [9.17, 15) is 4.79 Å². The van der Waals surface area contributed by atoms with Crippen LogP contribution in [0.25, 0.3) is 0 Å². The average molecular weight is 205 g/mol. The third-order valence-electron chi connectivity index (χ3n) is 2.13. The van der Waals surface area contributed by atoms with Crippen LogP contribution in [0.4, 0.5) is 0 Å². The summed E-state index contributed by atoms with van der Waals surface area (Å²) in [6.07, 6.45) is 0.831. The largest absolute Gasteiger partial charge is 0.480 e. The molecule has 4 nitrogen and oxygen atoms in total. The van der Waals surface area contributed by atoms with E-state index in [-0.39, 0.29) is 4.87 Å². The van der Waals surface area contributed by atoms with E-state index in [1.54, 1.807) is 18.9 Å². The number of nitrogens with one attached hydrogen (secondary N) is 1. The van der Waals surface area contributed by atoms with Crippen molar-refractivity contribution in [3.05, 3.63) is 0 Å². The van der Waals surface area contributed by atoms with Crippen molar-refractivity contribution in [1.29, 1.82) is 0 Å². The Morgan fingerprint density at radius 3 is 3.00 bits per heavy atom. The van der Waals surface area contributed by atoms with Gasteiger partial charge in [-0.15, -0.1) is 11.8 Å². The Bertz CT molecular complexity index is 200. The minimum Gasteiger partial charge on any atom is -0.480 e. The molecule has 1 unspecified atom stereocenters. The summed E-state index contributed by atoms with van der Waals surface area (Å²) in [6.45, 7) is 2.67. The predicted molar refractivity (Wildman–Crippen MR) is 51.9 cm³/mol. The fraction of sp³-hybridized carbons (Fsp3) is 0.875. The van der Waals surface area contributed by atoms with E-state index in [1.165, 1.54) is 0 Å². The van der Waals surface area contributed by atoms with Crippen LogP contribution in [0.1, 0.15) is 13.3 Å². The molecule has 1 aliphatic heterocycles. The van der Waals surface area contributed by atoms with Gasteiger partial charge in [-0.05, 0) is 13.3 Å². The van der Waals surface area contributed by atoms with Gasteiger partial charge in [-0.1, -0.05) is 0 Å². The van der Waals surface area contributed by atoms with Gasteiger partial charge in [0.15, 0.2) is 0 Å². The molecule has 1 rings (SSSR count). The smallest absolute Gasteiger partial charge is 0.321 e. The fourth-order valence-corrected chi connectivity index (χ4v) is 2.51. The monoisotopic (exact) mass is 205 g/mol. The molecule has 2 N–H and O–H groups in total. The van der Waals surface area contributed by atoms with Crippen LogP contribution < -0.4 is 5.32 Å². The van der Waals surface area contributed by atoms with E-state index in [1.807, 2.05) is 6.92 Å². The highest BCUT2D eigenvalue weighted by molar-refractivity contribution is 8.00. The lowest BCUT2D eigenvalue weighted by Crippen LogP contribution is -2.43. The molecule has 2 atom stereocenters. The van der Waals surface area contributed by atoms with E-state index >= 15 is 0 Å². The number of methoxy groups -OCH3 is 1. The van der Waals surface area contributed by atoms with Crippen molar-refractivity contribution in [2.24, 2.45) is 0 Å². The summed E-state index contributed by atoms with van der Waals surface area (Å²) in [6, 6.07) is -0.410. The molecule has 0 spiro atoms. The molecule has 0 radical (unpaired) electrons. The van der Waals surface area contributed by atoms with Crippen LogP contribution in [0.5, 0.6) is 0 Å². The predicted octanol–water partition coefficient (Wildman–Crippen LogP) is 0.529. The Hall–Kier alpha value is -0.260. The van der Waals surface area contributed by atoms with Gasteiger partial charge in [0.25, 0.3) is 0 Å². The lowest BCUT2D eigenvalue weighted by Gasteiger charge is -2.23. The Morgan fingerprint density at radius 2 is 2.54 bits per heavy atom. The number of hydrogen-bond acceptors (Lipinski definition) is 4. The molecule has 76 valence electrons. The molecule has 0 amide bonds. The number of carboxylic acid groups (broad SMARTS) is 1. The number of carboxylic acids is 1. The van der Waals surface area contributed by atoms with Gasteiger partial charge < -0.3 is 9.84 Å². The summed E-state index contributed by atoms with van der Waals surface area (Å²) >= 11 is 1.65. The summed E-state index contributed by atoms with van der Waals surface area (Å²) in [5, 5.41) is 11.8. The Labute approximate surface area is 82.0 Å². The number of hydrogen-bond donors (Lipinski definition) is 2. The zero-order valence-corrected chi connectivity index (χ0v) is 8.69. The summed E-state index contributed by atoms with van der Waals surface area (Å²) in [7, 11) is 1.65. The Kier molecular flexibility index (Phi) is 3.58. The number of rotatable bonds is 4. The van der Waals surface area contributed by atoms with Gasteiger partial charge in [0.05, 0.1) is 4.87 Å². The van der Waals surface area contributed by atoms with Crippen molar-refractivity contribution in [3.8, 4) is 0 Å². The van der Waals surface area contributed by atoms with Crippen molar-refractivity contribution in [2.45, 2.75) is 24.3 Å². The van der Waals surface area contributed by atoms with Gasteiger partial charge in [0.2, 0.25) is 0 Å². The molecule has 13 heavy (non-hydrogen) atoms. The second-order valence-electron chi connectivity index (χ2n) is 3.32. The summed E-state index contributed by atoms with van der Waals surface area (Å²) in [5.74, 6) is -0.135. The minimum atomic E-state index is -0.770. The Balaban J connectivity index is 2.41. The zero-order chi connectivity index (χ0) is 9.90. The molecule has 5 heteroatoms. The molecule has 0 saturated carbocycles. The molecule has 0 aromatic heterocycles. The Morgan fingerprint density at radius 1 is 1.85 bits per heavy atom. The summed E-state index contributed by atoms with van der Waals surface area (Å²) < 4.78 is 4.96. The molecule has 0 aromatic carbocycles. The van der Waals surface area contributed by atoms with E-state index in [2.05, 4.69) is 5.32 Å². The van der Waals surface area contributed by atoms with Crippen LogP contribution >= 0.6 is 11.8 Å². The standard InChI is InChI=1S/C8H15NO3S/c1-8(3-4-12-2)9-6(5-13-8)7(10)11/h6,9H,3-5H2,1-2H3,(H,10,11)/t6-,8?/m1/s1. The molecule has 1 fully saturated rings. The van der Waals surface area contributed by atoms with Crippen molar-refractivity contribution >= 4 is 17.7 Å². The highest BCUT2D eigenvalue weighted by atomic mass is 32.2. The van der Waals surface area contributed by atoms with E-state index < -0.39 is 12.0 Å². The summed E-state index contributed by atoms with van der Waals surface area (Å²) in [4.78, 5) is 10.5. The first-order valence-corrected chi connectivity index (χ1v) is 5.19. The SMILES string of the molecule is COCCC1(C)N[C@@H](C(=O)O)CS1. The molecule has 1 aliphatic rings. The molecule has 1 saturated heterocycles. The van der Waals surface area contributed by atoms with Gasteiger partial charge in [0.1, 0.15) is 6.04 Å². The first-order valence-electron chi connectivity index (χ1n) is 4.21. The number of ether oxygens (including phenoxy) is 1. The molecular weight excluding hydrogens is 190 g/mol. The third kappa shape index (κ3) is 2.86. The van der Waals surface area contributed by atoms with Crippen LogP contribution in [0.3, 0.4) is 0 Å². The van der Waals surface area contributed by atoms with Crippen LogP contribution in [0.2, 0.25) is 0 Å². The van der Waals surface area contributed by atoms with Crippen molar-refractivity contribution < 1.29 is 14.6 Å². The highest BCUT2D eigenvalue weighted by Gasteiger charge is 2.37. The molecule has 1 heterocycles. The van der Waals surface area contributed by atoms with Gasteiger partial charge >= 0.3 is 5.97 Å². The van der Waals surface area contributed by atoms with Gasteiger partial charge in [-0.3, -0.25) is 10.1 Å². The van der Waals surface area contributed by atoms with Gasteiger partial charge in [-0.25, -0.2) is 0 Å². The highest BCUT2D eigenvalue weighted by Crippen LogP contribution is 2.32. The zero-order valence-electron chi connectivity index (χ0n) is 7.87. The van der Waals surface area contributed by atoms with E-state index in [4.69, 9.17) is 9.84 Å². The van der Waals surface area contributed by atoms with Crippen LogP contribution in [0.15, 0.2) is 0 Å². The second kappa shape index (κ2) is 4.30. The van der Waals surface area contributed by atoms with Crippen LogP contribution in [-0.4, -0.2) is 41.5 Å². The molecule has 0 aliphatic carbocycles. The second-order valence-corrected chi connectivity index (χ2v) is 4.84. The van der Waals surface area contributed by atoms with Gasteiger partial charge in [-0.2, -0.15) is 0 Å². The van der Waals surface area contributed by atoms with Gasteiger partial charge in [0, 0.05) is 19.5 Å². The topological polar surface area (TPSA) is 58.6 Å². The maximum atomic E-state index is 10.7. The number of carbonyl (C=O) groups is 1. The quantitative estimate of drug-likeness (QED) is 0.701. The number of thioether (sulfide) groups is 1. The van der Waals surface area contributed by atoms with Crippen LogP contribution in [0, 0.1) is 0 Å². The average Bonchev–Trinajstić information content (AvgIpc) is 2.46. The normalized spacial score (nSPS) is 33.5. The lowest BCUT2D eigenvalue weighted by atomic mass is 10.2. The van der Waals surface area contributed by atoms with Crippen molar-refractivity contribution in [2.75, 3.05) is 19.5 Å². The lowest BCUT2D eigenvalue weighted by molar-refractivity contribution is -0.138. The third-order valence-corrected chi connectivity index (χ3v) is 3.59. The molecule has 0 aromatic rings. The maximum Gasteiger partial charge on any atom is 0.321 e. The van der Waals surface area contributed by atoms with E-state index in [0.29, 0.717) is 12.4 Å².